The van der Waals surface area contributed by atoms with Crippen LogP contribution in [-0.2, 0) is 14.8 Å². The fraction of sp³-hybridized carbons (Fsp3) is 0.450. The molecule has 0 N–H and O–H groups in total. The van der Waals surface area contributed by atoms with Gasteiger partial charge in [0.25, 0.3) is 0 Å². The van der Waals surface area contributed by atoms with Crippen LogP contribution in [0.1, 0.15) is 12.8 Å². The van der Waals surface area contributed by atoms with Crippen LogP contribution in [0.4, 0.5) is 5.95 Å². The second-order valence-electron chi connectivity index (χ2n) is 7.38. The van der Waals surface area contributed by atoms with Crippen LogP contribution in [0, 0.1) is 5.92 Å². The zero-order chi connectivity index (χ0) is 20.3. The van der Waals surface area contributed by atoms with Crippen molar-refractivity contribution in [1.82, 2.24) is 19.2 Å². The van der Waals surface area contributed by atoms with E-state index in [0.717, 1.165) is 19.4 Å². The van der Waals surface area contributed by atoms with Gasteiger partial charge in [0.05, 0.1) is 10.8 Å². The zero-order valence-corrected chi connectivity index (χ0v) is 17.0. The van der Waals surface area contributed by atoms with Crippen LogP contribution in [-0.4, -0.2) is 72.8 Å². The average Bonchev–Trinajstić information content (AvgIpc) is 2.80. The lowest BCUT2D eigenvalue weighted by Crippen LogP contribution is -2.53. The molecule has 2 saturated heterocycles. The van der Waals surface area contributed by atoms with Gasteiger partial charge in [0.15, 0.2) is 0 Å². The van der Waals surface area contributed by atoms with E-state index in [1.54, 1.807) is 53.7 Å². The van der Waals surface area contributed by atoms with Crippen LogP contribution >= 0.6 is 0 Å². The number of sulfonamides is 1. The monoisotopic (exact) mass is 415 g/mol. The molecule has 3 heterocycles. The van der Waals surface area contributed by atoms with Crippen LogP contribution in [0.5, 0.6) is 0 Å². The second kappa shape index (κ2) is 8.46. The van der Waals surface area contributed by atoms with Crippen molar-refractivity contribution in [2.75, 3.05) is 44.2 Å². The molecule has 9 heteroatoms. The summed E-state index contributed by atoms with van der Waals surface area (Å²) in [6, 6.07) is 10.2. The summed E-state index contributed by atoms with van der Waals surface area (Å²) in [7, 11) is -3.51. The van der Waals surface area contributed by atoms with E-state index in [4.69, 9.17) is 0 Å². The Morgan fingerprint density at radius 2 is 1.62 bits per heavy atom. The molecular formula is C20H25N5O3S. The van der Waals surface area contributed by atoms with E-state index in [1.165, 1.54) is 4.31 Å². The lowest BCUT2D eigenvalue weighted by Gasteiger charge is -2.38. The molecule has 0 aliphatic carbocycles. The van der Waals surface area contributed by atoms with Crippen molar-refractivity contribution < 1.29 is 13.2 Å². The van der Waals surface area contributed by atoms with Crippen molar-refractivity contribution >= 4 is 21.9 Å². The summed E-state index contributed by atoms with van der Waals surface area (Å²) < 4.78 is 27.0. The molecule has 29 heavy (non-hydrogen) atoms. The molecule has 1 unspecified atom stereocenters. The minimum atomic E-state index is -3.51. The van der Waals surface area contributed by atoms with Gasteiger partial charge in [0.1, 0.15) is 0 Å². The molecule has 1 atom stereocenters. The largest absolute Gasteiger partial charge is 0.340 e. The van der Waals surface area contributed by atoms with Gasteiger partial charge >= 0.3 is 0 Å². The van der Waals surface area contributed by atoms with Gasteiger partial charge in [-0.25, -0.2) is 18.4 Å². The highest BCUT2D eigenvalue weighted by molar-refractivity contribution is 7.89. The molecule has 0 saturated carbocycles. The van der Waals surface area contributed by atoms with Crippen molar-refractivity contribution in [3.05, 3.63) is 48.8 Å². The van der Waals surface area contributed by atoms with E-state index >= 15 is 0 Å². The molecule has 4 rings (SSSR count). The van der Waals surface area contributed by atoms with Crippen molar-refractivity contribution in [2.24, 2.45) is 5.92 Å². The summed E-state index contributed by atoms with van der Waals surface area (Å²) in [5.74, 6) is 0.649. The lowest BCUT2D eigenvalue weighted by molar-refractivity contribution is -0.137. The third kappa shape index (κ3) is 4.25. The third-order valence-corrected chi connectivity index (χ3v) is 7.45. The predicted octanol–water partition coefficient (Wildman–Crippen LogP) is 1.23. The Kier molecular flexibility index (Phi) is 5.77. The Morgan fingerprint density at radius 1 is 0.931 bits per heavy atom. The van der Waals surface area contributed by atoms with Gasteiger partial charge < -0.3 is 9.80 Å². The van der Waals surface area contributed by atoms with Crippen LogP contribution in [0.25, 0.3) is 0 Å². The normalized spacial score (nSPS) is 21.2. The maximum Gasteiger partial charge on any atom is 0.243 e. The molecule has 2 fully saturated rings. The molecule has 8 nitrogen and oxygen atoms in total. The number of benzene rings is 1. The maximum atomic E-state index is 13.0. The van der Waals surface area contributed by atoms with Gasteiger partial charge in [0, 0.05) is 51.7 Å². The standard InChI is InChI=1S/C20H25N5O3S/c26-19(17-6-4-11-24(16-17)20-21-9-5-10-22-20)23-12-14-25(15-13-23)29(27,28)18-7-2-1-3-8-18/h1-3,5,7-10,17H,4,6,11-16H2. The number of aromatic nitrogens is 2. The molecule has 2 aliphatic heterocycles. The number of piperazine rings is 1. The molecule has 0 radical (unpaired) electrons. The Morgan fingerprint density at radius 3 is 2.31 bits per heavy atom. The summed E-state index contributed by atoms with van der Waals surface area (Å²) in [4.78, 5) is 25.8. The summed E-state index contributed by atoms with van der Waals surface area (Å²) in [6.45, 7) is 2.93. The lowest BCUT2D eigenvalue weighted by atomic mass is 9.96. The highest BCUT2D eigenvalue weighted by Gasteiger charge is 2.34. The Bertz CT molecular complexity index is 931. The average molecular weight is 416 g/mol. The number of piperidine rings is 1. The molecule has 1 aromatic carbocycles. The summed E-state index contributed by atoms with van der Waals surface area (Å²) in [5.41, 5.74) is 0. The van der Waals surface area contributed by atoms with Gasteiger partial charge in [-0.3, -0.25) is 4.79 Å². The fourth-order valence-corrected chi connectivity index (χ4v) is 5.41. The van der Waals surface area contributed by atoms with Crippen LogP contribution < -0.4 is 4.90 Å². The molecule has 1 aromatic heterocycles. The van der Waals surface area contributed by atoms with Crippen molar-refractivity contribution in [2.45, 2.75) is 17.7 Å². The number of nitrogens with zero attached hydrogens (tertiary/aromatic N) is 5. The molecule has 1 amide bonds. The van der Waals surface area contributed by atoms with E-state index in [2.05, 4.69) is 14.9 Å². The number of carbonyl (C=O) groups excluding carboxylic acids is 1. The Balaban J connectivity index is 1.37. The van der Waals surface area contributed by atoms with Crippen molar-refractivity contribution in [3.8, 4) is 0 Å². The molecular weight excluding hydrogens is 390 g/mol. The van der Waals surface area contributed by atoms with Gasteiger partial charge in [-0.2, -0.15) is 4.31 Å². The van der Waals surface area contributed by atoms with Crippen LogP contribution in [0.15, 0.2) is 53.7 Å². The third-order valence-electron chi connectivity index (χ3n) is 5.54. The quantitative estimate of drug-likeness (QED) is 0.746. The number of rotatable bonds is 4. The zero-order valence-electron chi connectivity index (χ0n) is 16.2. The number of carbonyl (C=O) groups is 1. The molecule has 2 aromatic rings. The Hall–Kier alpha value is -2.52. The minimum Gasteiger partial charge on any atom is -0.340 e. The van der Waals surface area contributed by atoms with E-state index in [1.807, 2.05) is 0 Å². The van der Waals surface area contributed by atoms with Crippen LogP contribution in [0.2, 0.25) is 0 Å². The predicted molar refractivity (Wildman–Crippen MR) is 109 cm³/mol. The first kappa shape index (κ1) is 19.8. The van der Waals surface area contributed by atoms with Gasteiger partial charge in [-0.05, 0) is 31.0 Å². The fourth-order valence-electron chi connectivity index (χ4n) is 3.96. The second-order valence-corrected chi connectivity index (χ2v) is 9.31. The summed E-state index contributed by atoms with van der Waals surface area (Å²) in [5, 5.41) is 0. The first-order chi connectivity index (χ1) is 14.1. The highest BCUT2D eigenvalue weighted by atomic mass is 32.2. The molecule has 154 valence electrons. The number of anilines is 1. The number of amides is 1. The smallest absolute Gasteiger partial charge is 0.243 e. The van der Waals surface area contributed by atoms with Gasteiger partial charge in [-0.1, -0.05) is 18.2 Å². The van der Waals surface area contributed by atoms with E-state index in [-0.39, 0.29) is 11.8 Å². The highest BCUT2D eigenvalue weighted by Crippen LogP contribution is 2.23. The molecule has 2 aliphatic rings. The molecule has 0 spiro atoms. The van der Waals surface area contributed by atoms with Crippen LogP contribution in [0.3, 0.4) is 0 Å². The van der Waals surface area contributed by atoms with E-state index in [0.29, 0.717) is 43.6 Å². The number of hydrogen-bond donors (Lipinski definition) is 0. The van der Waals surface area contributed by atoms with E-state index < -0.39 is 10.0 Å². The minimum absolute atomic E-state index is 0.0994. The molecule has 0 bridgehead atoms. The van der Waals surface area contributed by atoms with Crippen molar-refractivity contribution in [1.29, 1.82) is 0 Å². The summed E-state index contributed by atoms with van der Waals surface area (Å²) >= 11 is 0. The first-order valence-electron chi connectivity index (χ1n) is 9.91. The number of hydrogen-bond acceptors (Lipinski definition) is 6. The SMILES string of the molecule is O=C(C1CCCN(c2ncccn2)C1)N1CCN(S(=O)(=O)c2ccccc2)CC1. The summed E-state index contributed by atoms with van der Waals surface area (Å²) in [6.07, 6.45) is 5.17. The Labute approximate surface area is 171 Å². The van der Waals surface area contributed by atoms with E-state index in [9.17, 15) is 13.2 Å². The maximum absolute atomic E-state index is 13.0. The first-order valence-corrected chi connectivity index (χ1v) is 11.4. The van der Waals surface area contributed by atoms with Gasteiger partial charge in [0.2, 0.25) is 21.9 Å². The van der Waals surface area contributed by atoms with Crippen molar-refractivity contribution in [3.63, 3.8) is 0 Å². The topological polar surface area (TPSA) is 86.7 Å². The van der Waals surface area contributed by atoms with Gasteiger partial charge in [-0.15, -0.1) is 0 Å².